The molecular formula is C45H75ClN2O4. The number of rotatable bonds is 0. The van der Waals surface area contributed by atoms with E-state index in [2.05, 4.69) is 67.5 Å². The minimum absolute atomic E-state index is 0. The Morgan fingerprint density at radius 3 is 1.56 bits per heavy atom. The Balaban J connectivity index is 0.000000160. The number of hydrogen-bond donors (Lipinski definition) is 4. The van der Waals surface area contributed by atoms with Crippen molar-refractivity contribution in [1.82, 2.24) is 0 Å². The first-order valence-electron chi connectivity index (χ1n) is 21.6. The monoisotopic (exact) mass is 743 g/mol. The number of allylic oxidation sites excluding steroid dienone is 4. The van der Waals surface area contributed by atoms with Crippen LogP contribution in [0.2, 0.25) is 0 Å². The zero-order chi connectivity index (χ0) is 36.5. The molecular weight excluding hydrogens is 668 g/mol. The maximum absolute atomic E-state index is 11.1. The lowest BCUT2D eigenvalue weighted by Gasteiger charge is -2.63. The number of halogens is 1. The number of ether oxygens (including phenoxy) is 2. The molecule has 0 aromatic heterocycles. The average Bonchev–Trinajstić information content (AvgIpc) is 3.73. The van der Waals surface area contributed by atoms with Gasteiger partial charge in [0.1, 0.15) is 0 Å². The lowest BCUT2D eigenvalue weighted by molar-refractivity contribution is -0.210. The van der Waals surface area contributed by atoms with E-state index in [1.54, 1.807) is 11.1 Å². The van der Waals surface area contributed by atoms with Crippen molar-refractivity contribution < 1.29 is 19.7 Å². The van der Waals surface area contributed by atoms with Gasteiger partial charge in [0.05, 0.1) is 24.4 Å². The third kappa shape index (κ3) is 5.66. The summed E-state index contributed by atoms with van der Waals surface area (Å²) in [5.74, 6) is 3.76. The van der Waals surface area contributed by atoms with Gasteiger partial charge in [-0.3, -0.25) is 0 Å². The van der Waals surface area contributed by atoms with Crippen LogP contribution in [0.25, 0.3) is 0 Å². The molecule has 6 nitrogen and oxygen atoms in total. The van der Waals surface area contributed by atoms with Gasteiger partial charge in [-0.05, 0) is 187 Å². The van der Waals surface area contributed by atoms with Gasteiger partial charge in [0.15, 0.2) is 5.79 Å². The average molecular weight is 744 g/mol. The molecule has 9 rings (SSSR count). The summed E-state index contributed by atoms with van der Waals surface area (Å²) in [4.78, 5) is 0. The Labute approximate surface area is 322 Å². The van der Waals surface area contributed by atoms with Gasteiger partial charge in [0, 0.05) is 12.1 Å². The Morgan fingerprint density at radius 2 is 1.02 bits per heavy atom. The van der Waals surface area contributed by atoms with E-state index in [4.69, 9.17) is 20.9 Å². The molecule has 8 saturated carbocycles. The van der Waals surface area contributed by atoms with E-state index in [-0.39, 0.29) is 53.3 Å². The summed E-state index contributed by atoms with van der Waals surface area (Å²) in [6.45, 7) is 18.6. The fraction of sp³-hybridized carbons (Fsp3) is 0.911. The second kappa shape index (κ2) is 13.6. The van der Waals surface area contributed by atoms with Gasteiger partial charge >= 0.3 is 0 Å². The summed E-state index contributed by atoms with van der Waals surface area (Å²) in [6, 6.07) is 0.527. The van der Waals surface area contributed by atoms with Crippen LogP contribution in [0.15, 0.2) is 23.3 Å². The largest absolute Gasteiger partial charge is 0.390 e. The fourth-order valence-corrected chi connectivity index (χ4v) is 16.2. The van der Waals surface area contributed by atoms with Crippen molar-refractivity contribution >= 4 is 12.4 Å². The van der Waals surface area contributed by atoms with E-state index in [1.807, 2.05) is 0 Å². The van der Waals surface area contributed by atoms with Crippen molar-refractivity contribution in [2.45, 2.75) is 188 Å². The molecule has 1 heterocycles. The lowest BCUT2D eigenvalue weighted by atomic mass is 9.43. The third-order valence-corrected chi connectivity index (χ3v) is 18.8. The van der Waals surface area contributed by atoms with Crippen LogP contribution in [-0.2, 0) is 9.47 Å². The lowest BCUT2D eigenvalue weighted by Crippen LogP contribution is -2.64. The predicted molar refractivity (Wildman–Crippen MR) is 212 cm³/mol. The number of aliphatic hydroxyl groups is 2. The number of nitrogens with two attached hydrogens (primary N) is 2. The van der Waals surface area contributed by atoms with Crippen molar-refractivity contribution in [2.75, 3.05) is 0 Å². The van der Waals surface area contributed by atoms with Crippen molar-refractivity contribution in [3.05, 3.63) is 23.3 Å². The zero-order valence-electron chi connectivity index (χ0n) is 33.9. The van der Waals surface area contributed by atoms with Crippen molar-refractivity contribution in [3.8, 4) is 0 Å². The summed E-state index contributed by atoms with van der Waals surface area (Å²) in [6.07, 6.45) is 20.8. The number of fused-ring (bicyclic) bond motifs is 13. The van der Waals surface area contributed by atoms with E-state index >= 15 is 0 Å². The van der Waals surface area contributed by atoms with E-state index in [0.717, 1.165) is 37.5 Å². The highest BCUT2D eigenvalue weighted by molar-refractivity contribution is 5.85. The summed E-state index contributed by atoms with van der Waals surface area (Å²) in [5, 5.41) is 22.1. The van der Waals surface area contributed by atoms with Crippen molar-refractivity contribution in [2.24, 2.45) is 80.5 Å². The van der Waals surface area contributed by atoms with E-state index in [0.29, 0.717) is 40.5 Å². The molecule has 0 aromatic rings. The quantitative estimate of drug-likeness (QED) is 0.185. The molecule has 0 amide bonds. The van der Waals surface area contributed by atoms with Crippen LogP contribution in [0.1, 0.15) is 145 Å². The summed E-state index contributed by atoms with van der Waals surface area (Å²) < 4.78 is 13.3. The standard InChI is InChI=1S/C24H39NO2.C21H35NO2.ClH/c1-6-14-7-8-16-19-17(10-12-23(14,16)4)24(5)11-9-15(25)13-18(24)20-21(19)27-22(2,3)26-20;1-4-12-5-6-14-17-15(8-10-20(12,14)2)21(3)9-7-13(22)11-16(21)18(23)19(17)24;/h6,15-21H,7-13,25H2,1-5H3;4,13-19,23-24H,5-11,22H2,1-3H3;1H/b14-6+;12-4+;/t15-,16?,17?,18?,19?,20+,21+,23+,24+;13-,14?,15?,16?,17?,18+,19+,20+,21+;/m00./s1. The highest BCUT2D eigenvalue weighted by atomic mass is 35.5. The van der Waals surface area contributed by atoms with Crippen molar-refractivity contribution in [3.63, 3.8) is 0 Å². The molecule has 9 aliphatic rings. The molecule has 1 saturated heterocycles. The summed E-state index contributed by atoms with van der Waals surface area (Å²) in [5.41, 5.74) is 17.1. The highest BCUT2D eigenvalue weighted by Crippen LogP contribution is 2.70. The minimum atomic E-state index is -0.598. The molecule has 7 heteroatoms. The van der Waals surface area contributed by atoms with Crippen LogP contribution in [0.5, 0.6) is 0 Å². The van der Waals surface area contributed by atoms with Gasteiger partial charge in [0.2, 0.25) is 0 Å². The van der Waals surface area contributed by atoms with Crippen LogP contribution in [0.3, 0.4) is 0 Å². The smallest absolute Gasteiger partial charge is 0.163 e. The maximum Gasteiger partial charge on any atom is 0.163 e. The third-order valence-electron chi connectivity index (χ3n) is 18.8. The second-order valence-corrected chi connectivity index (χ2v) is 21.0. The van der Waals surface area contributed by atoms with E-state index < -0.39 is 18.0 Å². The van der Waals surface area contributed by atoms with Gasteiger partial charge < -0.3 is 31.2 Å². The van der Waals surface area contributed by atoms with Crippen molar-refractivity contribution in [1.29, 1.82) is 0 Å². The van der Waals surface area contributed by atoms with Crippen LogP contribution < -0.4 is 11.5 Å². The molecule has 8 unspecified atom stereocenters. The molecule has 1 aliphatic heterocycles. The topological polar surface area (TPSA) is 111 Å². The molecule has 8 aliphatic carbocycles. The van der Waals surface area contributed by atoms with E-state index in [9.17, 15) is 10.2 Å². The zero-order valence-corrected chi connectivity index (χ0v) is 34.7. The van der Waals surface area contributed by atoms with Gasteiger partial charge in [-0.2, -0.15) is 0 Å². The Kier molecular flexibility index (Phi) is 10.4. The molecule has 0 aromatic carbocycles. The number of aliphatic hydroxyl groups excluding tert-OH is 2. The SMILES string of the molecule is C/C=C1\CCC2C3C(CC[C@]12C)[C@@]1(C)CC[C@H](N)CC1[C@@H](O)[C@@H]3O.C/C=C1\CCC2C3C(CC[C@]12C)[C@@]1(C)CC[C@H](N)CC1[C@H]1OC(C)(C)O[C@H]31.Cl. The molecule has 0 bridgehead atoms. The molecule has 0 radical (unpaired) electrons. The first-order chi connectivity index (χ1) is 24.0. The maximum atomic E-state index is 11.1. The Morgan fingerprint density at radius 1 is 0.558 bits per heavy atom. The van der Waals surface area contributed by atoms with Crippen LogP contribution in [-0.4, -0.2) is 52.5 Å². The minimum Gasteiger partial charge on any atom is -0.390 e. The predicted octanol–water partition coefficient (Wildman–Crippen LogP) is 8.71. The van der Waals surface area contributed by atoms with Crippen LogP contribution in [0, 0.1) is 69.0 Å². The van der Waals surface area contributed by atoms with Crippen LogP contribution in [0.4, 0.5) is 0 Å². The Hall–Kier alpha value is -0.470. The molecule has 52 heavy (non-hydrogen) atoms. The molecule has 18 atom stereocenters. The van der Waals surface area contributed by atoms with Crippen LogP contribution >= 0.6 is 12.4 Å². The summed E-state index contributed by atoms with van der Waals surface area (Å²) >= 11 is 0. The first-order valence-corrected chi connectivity index (χ1v) is 21.6. The van der Waals surface area contributed by atoms with Gasteiger partial charge in [-0.15, -0.1) is 12.4 Å². The van der Waals surface area contributed by atoms with E-state index in [1.165, 1.54) is 64.2 Å². The fourth-order valence-electron chi connectivity index (χ4n) is 16.2. The second-order valence-electron chi connectivity index (χ2n) is 21.0. The van der Waals surface area contributed by atoms with Gasteiger partial charge in [0.25, 0.3) is 0 Å². The Bertz CT molecular complexity index is 1420. The number of hydrogen-bond acceptors (Lipinski definition) is 6. The molecule has 6 N–H and O–H groups in total. The highest BCUT2D eigenvalue weighted by Gasteiger charge is 2.68. The van der Waals surface area contributed by atoms with Gasteiger partial charge in [-0.25, -0.2) is 0 Å². The molecule has 9 fully saturated rings. The normalized spacial score (nSPS) is 57.2. The molecule has 296 valence electrons. The van der Waals surface area contributed by atoms with Gasteiger partial charge in [-0.1, -0.05) is 51.0 Å². The molecule has 0 spiro atoms. The summed E-state index contributed by atoms with van der Waals surface area (Å²) in [7, 11) is 0. The first kappa shape index (κ1) is 39.8.